The molecule has 4 aromatic rings. The molecule has 4 rings (SSSR count). The molecule has 0 aliphatic carbocycles. The Morgan fingerprint density at radius 2 is 2.08 bits per heavy atom. The Labute approximate surface area is 141 Å². The maximum atomic E-state index is 11.6. The predicted octanol–water partition coefficient (Wildman–Crippen LogP) is 3.62. The molecule has 1 N–H and O–H groups in total. The SMILES string of the molecule is COC(=O)c1ccc2c(c1)ncn2Nc1nc2ccc(C)cc2s1. The minimum absolute atomic E-state index is 0.374. The number of hydrogen-bond acceptors (Lipinski definition) is 6. The number of fused-ring (bicyclic) bond motifs is 2. The fraction of sp³-hybridized carbons (Fsp3) is 0.118. The zero-order valence-corrected chi connectivity index (χ0v) is 13.9. The minimum atomic E-state index is -0.374. The third-order valence-electron chi connectivity index (χ3n) is 3.73. The first-order valence-electron chi connectivity index (χ1n) is 7.34. The molecule has 0 atom stereocenters. The number of nitrogens with one attached hydrogen (secondary N) is 1. The number of imidazole rings is 1. The van der Waals surface area contributed by atoms with Crippen LogP contribution in [0.15, 0.2) is 42.7 Å². The van der Waals surface area contributed by atoms with E-state index in [0.717, 1.165) is 20.9 Å². The fourth-order valence-electron chi connectivity index (χ4n) is 2.53. The Morgan fingerprint density at radius 1 is 1.21 bits per heavy atom. The number of anilines is 1. The van der Waals surface area contributed by atoms with Gasteiger partial charge >= 0.3 is 5.97 Å². The lowest BCUT2D eigenvalue weighted by Gasteiger charge is -2.04. The van der Waals surface area contributed by atoms with Gasteiger partial charge < -0.3 is 4.74 Å². The molecule has 0 aliphatic heterocycles. The lowest BCUT2D eigenvalue weighted by molar-refractivity contribution is 0.0601. The normalized spacial score (nSPS) is 11.1. The molecule has 2 aromatic carbocycles. The van der Waals surface area contributed by atoms with E-state index in [4.69, 9.17) is 4.74 Å². The van der Waals surface area contributed by atoms with Crippen molar-refractivity contribution in [1.82, 2.24) is 14.6 Å². The van der Waals surface area contributed by atoms with Gasteiger partial charge in [0.05, 0.1) is 33.9 Å². The molecule has 6 nitrogen and oxygen atoms in total. The summed E-state index contributed by atoms with van der Waals surface area (Å²) in [5.41, 5.74) is 7.46. The van der Waals surface area contributed by atoms with E-state index in [1.165, 1.54) is 12.7 Å². The van der Waals surface area contributed by atoms with Crippen molar-refractivity contribution >= 4 is 43.7 Å². The van der Waals surface area contributed by atoms with Crippen molar-refractivity contribution in [1.29, 1.82) is 0 Å². The molecule has 24 heavy (non-hydrogen) atoms. The van der Waals surface area contributed by atoms with Gasteiger partial charge in [-0.25, -0.2) is 19.4 Å². The Bertz CT molecular complexity index is 1070. The number of benzene rings is 2. The number of aryl methyl sites for hydroxylation is 1. The van der Waals surface area contributed by atoms with Gasteiger partial charge in [-0.1, -0.05) is 17.4 Å². The number of nitrogens with zero attached hydrogens (tertiary/aromatic N) is 3. The van der Waals surface area contributed by atoms with Gasteiger partial charge in [-0.15, -0.1) is 0 Å². The number of methoxy groups -OCH3 is 1. The van der Waals surface area contributed by atoms with Crippen LogP contribution < -0.4 is 5.43 Å². The average molecular weight is 338 g/mol. The number of carbonyl (C=O) groups is 1. The molecule has 7 heteroatoms. The summed E-state index contributed by atoms with van der Waals surface area (Å²) in [6.45, 7) is 2.06. The molecular formula is C17H14N4O2S. The van der Waals surface area contributed by atoms with E-state index in [0.29, 0.717) is 11.1 Å². The molecule has 0 spiro atoms. The monoisotopic (exact) mass is 338 g/mol. The Kier molecular flexibility index (Phi) is 3.42. The quantitative estimate of drug-likeness (QED) is 0.578. The zero-order valence-electron chi connectivity index (χ0n) is 13.1. The van der Waals surface area contributed by atoms with Gasteiger partial charge in [0, 0.05) is 0 Å². The van der Waals surface area contributed by atoms with Crippen molar-refractivity contribution in [2.45, 2.75) is 6.92 Å². The van der Waals surface area contributed by atoms with E-state index in [2.05, 4.69) is 28.4 Å². The maximum absolute atomic E-state index is 11.6. The number of thiazole rings is 1. The predicted molar refractivity (Wildman–Crippen MR) is 94.5 cm³/mol. The summed E-state index contributed by atoms with van der Waals surface area (Å²) in [5, 5.41) is 0.784. The van der Waals surface area contributed by atoms with E-state index in [9.17, 15) is 4.79 Å². The summed E-state index contributed by atoms with van der Waals surface area (Å²) < 4.78 is 7.66. The van der Waals surface area contributed by atoms with Gasteiger partial charge in [0.1, 0.15) is 6.33 Å². The van der Waals surface area contributed by atoms with Gasteiger partial charge in [0.2, 0.25) is 5.13 Å². The smallest absolute Gasteiger partial charge is 0.337 e. The van der Waals surface area contributed by atoms with Gasteiger partial charge in [-0.05, 0) is 42.8 Å². The van der Waals surface area contributed by atoms with E-state index >= 15 is 0 Å². The number of hydrogen-bond donors (Lipinski definition) is 1. The topological polar surface area (TPSA) is 69.0 Å². The first-order valence-corrected chi connectivity index (χ1v) is 8.15. The van der Waals surface area contributed by atoms with Gasteiger partial charge in [-0.2, -0.15) is 0 Å². The molecule has 0 unspecified atom stereocenters. The first kappa shape index (κ1) is 14.6. The second-order valence-electron chi connectivity index (χ2n) is 5.41. The second kappa shape index (κ2) is 5.61. The van der Waals surface area contributed by atoms with E-state index < -0.39 is 0 Å². The van der Waals surface area contributed by atoms with Crippen LogP contribution in [0, 0.1) is 6.92 Å². The molecule has 0 radical (unpaired) electrons. The minimum Gasteiger partial charge on any atom is -0.465 e. The second-order valence-corrected chi connectivity index (χ2v) is 6.44. The highest BCUT2D eigenvalue weighted by atomic mass is 32.1. The molecule has 0 aliphatic rings. The van der Waals surface area contributed by atoms with Crippen molar-refractivity contribution < 1.29 is 9.53 Å². The van der Waals surface area contributed by atoms with Crippen molar-refractivity contribution in [3.8, 4) is 0 Å². The Morgan fingerprint density at radius 3 is 2.92 bits per heavy atom. The number of rotatable bonds is 3. The summed E-state index contributed by atoms with van der Waals surface area (Å²) in [7, 11) is 1.36. The number of carbonyl (C=O) groups excluding carboxylic acids is 1. The van der Waals surface area contributed by atoms with Crippen molar-refractivity contribution in [3.05, 3.63) is 53.9 Å². The van der Waals surface area contributed by atoms with Gasteiger partial charge in [0.25, 0.3) is 0 Å². The number of ether oxygens (including phenoxy) is 1. The first-order chi connectivity index (χ1) is 11.6. The van der Waals surface area contributed by atoms with Gasteiger partial charge in [0.15, 0.2) is 0 Å². The highest BCUT2D eigenvalue weighted by Crippen LogP contribution is 2.27. The highest BCUT2D eigenvalue weighted by Gasteiger charge is 2.10. The third-order valence-corrected chi connectivity index (χ3v) is 4.65. The van der Waals surface area contributed by atoms with Crippen LogP contribution in [-0.2, 0) is 4.74 Å². The Hall–Kier alpha value is -2.93. The van der Waals surface area contributed by atoms with Crippen molar-refractivity contribution in [3.63, 3.8) is 0 Å². The molecule has 0 saturated heterocycles. The van der Waals surface area contributed by atoms with Crippen LogP contribution in [-0.4, -0.2) is 27.7 Å². The van der Waals surface area contributed by atoms with E-state index in [-0.39, 0.29) is 5.97 Å². The summed E-state index contributed by atoms with van der Waals surface area (Å²) in [6, 6.07) is 11.4. The summed E-state index contributed by atoms with van der Waals surface area (Å²) >= 11 is 1.58. The molecule has 2 heterocycles. The standard InChI is InChI=1S/C17H14N4O2S/c1-10-3-5-12-15(7-10)24-17(19-12)20-21-9-18-13-8-11(16(22)23-2)4-6-14(13)21/h3-9H,1-2H3,(H,19,20). The van der Waals surface area contributed by atoms with Crippen LogP contribution in [0.2, 0.25) is 0 Å². The number of esters is 1. The van der Waals surface area contributed by atoms with Crippen LogP contribution in [0.4, 0.5) is 5.13 Å². The number of aromatic nitrogens is 3. The highest BCUT2D eigenvalue weighted by molar-refractivity contribution is 7.22. The lowest BCUT2D eigenvalue weighted by atomic mass is 10.2. The molecular weight excluding hydrogens is 324 g/mol. The third kappa shape index (κ3) is 2.48. The van der Waals surface area contributed by atoms with Crippen LogP contribution in [0.3, 0.4) is 0 Å². The molecule has 2 aromatic heterocycles. The maximum Gasteiger partial charge on any atom is 0.337 e. The van der Waals surface area contributed by atoms with E-state index in [1.54, 1.807) is 34.5 Å². The average Bonchev–Trinajstić information content (AvgIpc) is 3.17. The van der Waals surface area contributed by atoms with Gasteiger partial charge in [-0.3, -0.25) is 5.43 Å². The van der Waals surface area contributed by atoms with Crippen molar-refractivity contribution in [2.75, 3.05) is 12.5 Å². The van der Waals surface area contributed by atoms with Crippen LogP contribution >= 0.6 is 11.3 Å². The van der Waals surface area contributed by atoms with E-state index in [1.807, 2.05) is 18.2 Å². The summed E-state index contributed by atoms with van der Waals surface area (Å²) in [4.78, 5) is 20.5. The van der Waals surface area contributed by atoms with Crippen LogP contribution in [0.5, 0.6) is 0 Å². The molecule has 0 amide bonds. The molecule has 0 fully saturated rings. The molecule has 120 valence electrons. The van der Waals surface area contributed by atoms with Crippen LogP contribution in [0.25, 0.3) is 21.3 Å². The van der Waals surface area contributed by atoms with Crippen LogP contribution in [0.1, 0.15) is 15.9 Å². The van der Waals surface area contributed by atoms with Crippen molar-refractivity contribution in [2.24, 2.45) is 0 Å². The Balaban J connectivity index is 1.69. The molecule has 0 bridgehead atoms. The summed E-state index contributed by atoms with van der Waals surface area (Å²) in [6.07, 6.45) is 1.67. The summed E-state index contributed by atoms with van der Waals surface area (Å²) in [5.74, 6) is -0.374. The zero-order chi connectivity index (χ0) is 16.7. The fourth-order valence-corrected chi connectivity index (χ4v) is 3.49. The molecule has 0 saturated carbocycles. The largest absolute Gasteiger partial charge is 0.465 e. The lowest BCUT2D eigenvalue weighted by Crippen LogP contribution is -2.07.